The summed E-state index contributed by atoms with van der Waals surface area (Å²) in [4.78, 5) is 19.7. The van der Waals surface area contributed by atoms with Crippen molar-refractivity contribution in [3.05, 3.63) is 34.9 Å². The maximum absolute atomic E-state index is 12.7. The van der Waals surface area contributed by atoms with Gasteiger partial charge in [-0.25, -0.2) is 4.98 Å². The van der Waals surface area contributed by atoms with Crippen molar-refractivity contribution >= 4 is 28.6 Å². The van der Waals surface area contributed by atoms with Crippen molar-refractivity contribution in [2.24, 2.45) is 0 Å². The van der Waals surface area contributed by atoms with E-state index in [0.29, 0.717) is 17.8 Å². The number of hydrogen-bond donors (Lipinski definition) is 0. The number of piperidine rings is 1. The summed E-state index contributed by atoms with van der Waals surface area (Å²) in [6.07, 6.45) is 3.46. The predicted octanol–water partition coefficient (Wildman–Crippen LogP) is 5.04. The van der Waals surface area contributed by atoms with Gasteiger partial charge in [0, 0.05) is 17.5 Å². The second-order valence-electron chi connectivity index (χ2n) is 7.46. The minimum Gasteiger partial charge on any atom is -0.337 e. The van der Waals surface area contributed by atoms with E-state index >= 15 is 0 Å². The van der Waals surface area contributed by atoms with Crippen LogP contribution in [0.2, 0.25) is 0 Å². The Bertz CT molecular complexity index is 792. The molecule has 1 saturated heterocycles. The van der Waals surface area contributed by atoms with Crippen LogP contribution in [0, 0.1) is 20.8 Å². The highest BCUT2D eigenvalue weighted by atomic mass is 32.2. The zero-order valence-corrected chi connectivity index (χ0v) is 16.7. The summed E-state index contributed by atoms with van der Waals surface area (Å²) in [6, 6.07) is 7.24. The van der Waals surface area contributed by atoms with Gasteiger partial charge in [-0.2, -0.15) is 0 Å². The number of likely N-dealkylation sites (tertiary alicyclic amines) is 1. The third-order valence-electron chi connectivity index (χ3n) is 5.39. The molecule has 1 aliphatic rings. The van der Waals surface area contributed by atoms with E-state index in [1.807, 2.05) is 0 Å². The Morgan fingerprint density at radius 3 is 2.36 bits per heavy atom. The highest BCUT2D eigenvalue weighted by Crippen LogP contribution is 2.28. The zero-order valence-electron chi connectivity index (χ0n) is 15.9. The number of aryl methyl sites for hydroxylation is 3. The Morgan fingerprint density at radius 2 is 1.68 bits per heavy atom. The van der Waals surface area contributed by atoms with Crippen molar-refractivity contribution in [2.75, 3.05) is 5.75 Å². The molecule has 2 aromatic rings. The van der Waals surface area contributed by atoms with Crippen LogP contribution >= 0.6 is 11.8 Å². The summed E-state index contributed by atoms with van der Waals surface area (Å²) >= 11 is 1.58. The maximum atomic E-state index is 12.7. The lowest BCUT2D eigenvalue weighted by atomic mass is 9.98. The van der Waals surface area contributed by atoms with E-state index in [1.165, 1.54) is 22.9 Å². The Labute approximate surface area is 155 Å². The highest BCUT2D eigenvalue weighted by molar-refractivity contribution is 7.99. The molecule has 0 spiro atoms. The van der Waals surface area contributed by atoms with Gasteiger partial charge in [0.15, 0.2) is 0 Å². The van der Waals surface area contributed by atoms with E-state index in [2.05, 4.69) is 57.7 Å². The van der Waals surface area contributed by atoms with Crippen molar-refractivity contribution in [1.82, 2.24) is 9.88 Å². The normalized spacial score (nSPS) is 20.9. The molecule has 134 valence electrons. The van der Waals surface area contributed by atoms with E-state index in [1.54, 1.807) is 11.8 Å². The number of aromatic nitrogens is 1. The van der Waals surface area contributed by atoms with Crippen LogP contribution in [0.25, 0.3) is 10.9 Å². The van der Waals surface area contributed by atoms with Gasteiger partial charge in [0.25, 0.3) is 0 Å². The van der Waals surface area contributed by atoms with Gasteiger partial charge in [-0.15, -0.1) is 0 Å². The first-order valence-electron chi connectivity index (χ1n) is 9.19. The number of carbonyl (C=O) groups is 1. The van der Waals surface area contributed by atoms with Gasteiger partial charge in [0.2, 0.25) is 5.91 Å². The molecule has 25 heavy (non-hydrogen) atoms. The summed E-state index contributed by atoms with van der Waals surface area (Å²) < 4.78 is 0. The van der Waals surface area contributed by atoms with E-state index in [-0.39, 0.29) is 5.91 Å². The summed E-state index contributed by atoms with van der Waals surface area (Å²) in [5, 5.41) is 2.15. The maximum Gasteiger partial charge on any atom is 0.233 e. The second-order valence-corrected chi connectivity index (χ2v) is 8.42. The third kappa shape index (κ3) is 3.84. The number of carbonyl (C=O) groups excluding carboxylic acids is 1. The Hall–Kier alpha value is -1.55. The lowest BCUT2D eigenvalue weighted by molar-refractivity contribution is -0.134. The number of nitrogens with zero attached hydrogens (tertiary/aromatic N) is 2. The van der Waals surface area contributed by atoms with Gasteiger partial charge < -0.3 is 4.90 Å². The molecule has 4 heteroatoms. The number of pyridine rings is 1. The molecule has 2 atom stereocenters. The van der Waals surface area contributed by atoms with E-state index < -0.39 is 0 Å². The number of amides is 1. The van der Waals surface area contributed by atoms with Crippen LogP contribution in [0.4, 0.5) is 0 Å². The van der Waals surface area contributed by atoms with E-state index in [4.69, 9.17) is 4.98 Å². The van der Waals surface area contributed by atoms with Crippen LogP contribution in [0.15, 0.2) is 23.2 Å². The monoisotopic (exact) mass is 356 g/mol. The molecular weight excluding hydrogens is 328 g/mol. The van der Waals surface area contributed by atoms with Gasteiger partial charge in [0.05, 0.1) is 11.3 Å². The highest BCUT2D eigenvalue weighted by Gasteiger charge is 2.28. The Kier molecular flexibility index (Phi) is 5.38. The number of benzene rings is 1. The molecule has 0 N–H and O–H groups in total. The average molecular weight is 357 g/mol. The number of rotatable bonds is 3. The molecule has 1 aliphatic heterocycles. The first kappa shape index (κ1) is 18.2. The van der Waals surface area contributed by atoms with Crippen molar-refractivity contribution in [1.29, 1.82) is 0 Å². The van der Waals surface area contributed by atoms with Crippen LogP contribution in [-0.2, 0) is 4.79 Å². The van der Waals surface area contributed by atoms with Crippen LogP contribution in [-0.4, -0.2) is 33.6 Å². The minimum absolute atomic E-state index is 0.242. The molecule has 3 nitrogen and oxygen atoms in total. The lowest BCUT2D eigenvalue weighted by Crippen LogP contribution is -2.48. The number of thioether (sulfide) groups is 1. The average Bonchev–Trinajstić information content (AvgIpc) is 2.54. The van der Waals surface area contributed by atoms with Crippen molar-refractivity contribution < 1.29 is 4.79 Å². The molecule has 2 heterocycles. The summed E-state index contributed by atoms with van der Waals surface area (Å²) in [5.74, 6) is 0.713. The predicted molar refractivity (Wildman–Crippen MR) is 106 cm³/mol. The van der Waals surface area contributed by atoms with Crippen LogP contribution in [0.5, 0.6) is 0 Å². The molecule has 1 aromatic heterocycles. The summed E-state index contributed by atoms with van der Waals surface area (Å²) in [6.45, 7) is 10.7. The zero-order chi connectivity index (χ0) is 18.1. The molecule has 0 unspecified atom stereocenters. The molecule has 0 radical (unpaired) electrons. The Morgan fingerprint density at radius 1 is 1.08 bits per heavy atom. The minimum atomic E-state index is 0.242. The topological polar surface area (TPSA) is 33.2 Å². The van der Waals surface area contributed by atoms with Crippen molar-refractivity contribution in [2.45, 2.75) is 71.0 Å². The smallest absolute Gasteiger partial charge is 0.233 e. The third-order valence-corrected chi connectivity index (χ3v) is 6.47. The fraction of sp³-hybridized carbons (Fsp3) is 0.524. The first-order valence-corrected chi connectivity index (χ1v) is 10.2. The van der Waals surface area contributed by atoms with Gasteiger partial charge >= 0.3 is 0 Å². The van der Waals surface area contributed by atoms with Crippen LogP contribution in [0.1, 0.15) is 49.8 Å². The molecular formula is C21H28N2OS. The van der Waals surface area contributed by atoms with E-state index in [0.717, 1.165) is 28.9 Å². The molecule has 1 fully saturated rings. The summed E-state index contributed by atoms with van der Waals surface area (Å²) in [7, 11) is 0. The van der Waals surface area contributed by atoms with Gasteiger partial charge in [-0.05, 0) is 88.8 Å². The van der Waals surface area contributed by atoms with Gasteiger partial charge in [0.1, 0.15) is 5.03 Å². The van der Waals surface area contributed by atoms with Crippen LogP contribution < -0.4 is 0 Å². The molecule has 0 saturated carbocycles. The van der Waals surface area contributed by atoms with E-state index in [9.17, 15) is 4.79 Å². The largest absolute Gasteiger partial charge is 0.337 e. The fourth-order valence-electron chi connectivity index (χ4n) is 3.79. The fourth-order valence-corrected chi connectivity index (χ4v) is 4.65. The number of hydrogen-bond acceptors (Lipinski definition) is 3. The summed E-state index contributed by atoms with van der Waals surface area (Å²) in [5.41, 5.74) is 4.71. The van der Waals surface area contributed by atoms with Crippen molar-refractivity contribution in [3.63, 3.8) is 0 Å². The molecule has 0 bridgehead atoms. The molecule has 3 rings (SSSR count). The van der Waals surface area contributed by atoms with Crippen LogP contribution in [0.3, 0.4) is 0 Å². The first-order chi connectivity index (χ1) is 11.9. The number of fused-ring (bicyclic) bond motifs is 1. The second kappa shape index (κ2) is 7.36. The van der Waals surface area contributed by atoms with Gasteiger partial charge in [-0.1, -0.05) is 11.8 Å². The quantitative estimate of drug-likeness (QED) is 0.722. The standard InChI is InChI=1S/C21H28N2OS/c1-13-9-18-10-15(3)21(22-19(18)11-14(13)2)25-12-20(24)23-16(4)7-6-8-17(23)5/h9-11,16-17H,6-8,12H2,1-5H3/t16-,17-/m1/s1. The van der Waals surface area contributed by atoms with Gasteiger partial charge in [-0.3, -0.25) is 4.79 Å². The SMILES string of the molecule is Cc1cc2cc(C)c(SCC(=O)N3[C@H](C)CCC[C@H]3C)nc2cc1C. The Balaban J connectivity index is 1.77. The van der Waals surface area contributed by atoms with Crippen molar-refractivity contribution in [3.8, 4) is 0 Å². The lowest BCUT2D eigenvalue weighted by Gasteiger charge is -2.39. The molecule has 1 amide bonds. The molecule has 0 aliphatic carbocycles. The molecule has 1 aromatic carbocycles.